The van der Waals surface area contributed by atoms with Crippen molar-refractivity contribution >= 4 is 16.8 Å². The lowest BCUT2D eigenvalue weighted by molar-refractivity contribution is 0.0933. The van der Waals surface area contributed by atoms with Crippen LogP contribution in [0.25, 0.3) is 22.4 Å². The molecule has 0 radical (unpaired) electrons. The second-order valence-electron chi connectivity index (χ2n) is 7.10. The number of amides is 1. The highest BCUT2D eigenvalue weighted by Gasteiger charge is 2.20. The number of rotatable bonds is 6. The van der Waals surface area contributed by atoms with Gasteiger partial charge in [0.25, 0.3) is 5.91 Å². The number of carbonyl (C=O) groups excluding carboxylic acids is 1. The van der Waals surface area contributed by atoms with Gasteiger partial charge in [-0.05, 0) is 29.8 Å². The Bertz CT molecular complexity index is 1300. The zero-order valence-corrected chi connectivity index (χ0v) is 16.6. The number of nitrogens with zero attached hydrogens (tertiary/aromatic N) is 4. The van der Waals surface area contributed by atoms with Crippen molar-refractivity contribution in [3.63, 3.8) is 0 Å². The molecule has 1 amide bonds. The van der Waals surface area contributed by atoms with Gasteiger partial charge in [0.15, 0.2) is 5.76 Å². The zero-order valence-electron chi connectivity index (χ0n) is 16.6. The maximum Gasteiger partial charge on any atom is 0.252 e. The van der Waals surface area contributed by atoms with Crippen LogP contribution in [-0.4, -0.2) is 25.7 Å². The van der Waals surface area contributed by atoms with Gasteiger partial charge in [0.2, 0.25) is 0 Å². The second-order valence-corrected chi connectivity index (χ2v) is 7.10. The van der Waals surface area contributed by atoms with E-state index < -0.39 is 0 Å². The van der Waals surface area contributed by atoms with Gasteiger partial charge < -0.3 is 9.73 Å². The van der Waals surface area contributed by atoms with Crippen molar-refractivity contribution in [2.75, 3.05) is 0 Å². The average Bonchev–Trinajstić information content (AvgIpc) is 3.53. The molecule has 31 heavy (non-hydrogen) atoms. The summed E-state index contributed by atoms with van der Waals surface area (Å²) in [7, 11) is 0. The van der Waals surface area contributed by atoms with Crippen LogP contribution in [-0.2, 0) is 6.54 Å². The molecule has 152 valence electrons. The second kappa shape index (κ2) is 8.23. The number of nitrogens with one attached hydrogen (secondary N) is 1. The lowest BCUT2D eigenvalue weighted by atomic mass is 10.0. The number of benzene rings is 2. The number of carbonyl (C=O) groups is 1. The zero-order chi connectivity index (χ0) is 21.0. The van der Waals surface area contributed by atoms with Crippen molar-refractivity contribution in [2.24, 2.45) is 0 Å². The van der Waals surface area contributed by atoms with Crippen molar-refractivity contribution in [3.05, 3.63) is 103 Å². The van der Waals surface area contributed by atoms with E-state index >= 15 is 0 Å². The van der Waals surface area contributed by atoms with Crippen molar-refractivity contribution in [2.45, 2.75) is 12.6 Å². The predicted molar refractivity (Wildman–Crippen MR) is 116 cm³/mol. The van der Waals surface area contributed by atoms with E-state index in [-0.39, 0.29) is 11.9 Å². The lowest BCUT2D eigenvalue weighted by Gasteiger charge is -2.20. The maximum absolute atomic E-state index is 13.5. The predicted octanol–water partition coefficient (Wildman–Crippen LogP) is 4.26. The van der Waals surface area contributed by atoms with Crippen LogP contribution in [0.3, 0.4) is 0 Å². The smallest absolute Gasteiger partial charge is 0.252 e. The maximum atomic E-state index is 13.5. The Morgan fingerprint density at radius 3 is 2.65 bits per heavy atom. The summed E-state index contributed by atoms with van der Waals surface area (Å²) in [4.78, 5) is 22.1. The molecule has 0 aliphatic rings. The third kappa shape index (κ3) is 3.93. The summed E-state index contributed by atoms with van der Waals surface area (Å²) in [5.74, 6) is 0.419. The average molecular weight is 409 g/mol. The number of hydrogen-bond donors (Lipinski definition) is 1. The van der Waals surface area contributed by atoms with E-state index in [0.29, 0.717) is 23.6 Å². The quantitative estimate of drug-likeness (QED) is 0.453. The van der Waals surface area contributed by atoms with Crippen LogP contribution >= 0.6 is 0 Å². The molecule has 5 rings (SSSR count). The fraction of sp³-hybridized carbons (Fsp3) is 0.0833. The van der Waals surface area contributed by atoms with Crippen molar-refractivity contribution < 1.29 is 9.21 Å². The topological polar surface area (TPSA) is 85.8 Å². The normalized spacial score (nSPS) is 12.0. The summed E-state index contributed by atoms with van der Waals surface area (Å²) >= 11 is 0. The van der Waals surface area contributed by atoms with Crippen LogP contribution in [0, 0.1) is 0 Å². The third-order valence-electron chi connectivity index (χ3n) is 5.08. The molecule has 0 saturated heterocycles. The van der Waals surface area contributed by atoms with E-state index in [0.717, 1.165) is 16.5 Å². The molecular weight excluding hydrogens is 390 g/mol. The molecule has 3 heterocycles. The van der Waals surface area contributed by atoms with Crippen molar-refractivity contribution in [1.82, 2.24) is 25.1 Å². The van der Waals surface area contributed by atoms with Crippen LogP contribution in [0.4, 0.5) is 0 Å². The Balaban J connectivity index is 1.53. The van der Waals surface area contributed by atoms with Crippen LogP contribution in [0.5, 0.6) is 0 Å². The molecular formula is C24H19N5O2. The first-order valence-electron chi connectivity index (χ1n) is 9.90. The molecule has 0 bridgehead atoms. The van der Waals surface area contributed by atoms with Crippen LogP contribution < -0.4 is 5.32 Å². The van der Waals surface area contributed by atoms with Crippen LogP contribution in [0.15, 0.2) is 96.1 Å². The fourth-order valence-electron chi connectivity index (χ4n) is 3.58. The van der Waals surface area contributed by atoms with E-state index in [9.17, 15) is 4.79 Å². The minimum atomic E-state index is -0.283. The summed E-state index contributed by atoms with van der Waals surface area (Å²) in [6.45, 7) is 0.462. The number of pyridine rings is 1. The Morgan fingerprint density at radius 1 is 1.03 bits per heavy atom. The first kappa shape index (κ1) is 18.7. The van der Waals surface area contributed by atoms with E-state index in [2.05, 4.69) is 20.4 Å². The highest BCUT2D eigenvalue weighted by molar-refractivity contribution is 6.07. The van der Waals surface area contributed by atoms with E-state index in [1.807, 2.05) is 60.7 Å². The van der Waals surface area contributed by atoms with Gasteiger partial charge in [-0.2, -0.15) is 5.10 Å². The highest BCUT2D eigenvalue weighted by Crippen LogP contribution is 2.26. The van der Waals surface area contributed by atoms with Gasteiger partial charge >= 0.3 is 0 Å². The molecule has 0 spiro atoms. The van der Waals surface area contributed by atoms with Gasteiger partial charge in [-0.15, -0.1) is 0 Å². The monoisotopic (exact) mass is 409 g/mol. The fourth-order valence-corrected chi connectivity index (χ4v) is 3.58. The summed E-state index contributed by atoms with van der Waals surface area (Å²) in [6.07, 6.45) is 4.71. The highest BCUT2D eigenvalue weighted by atomic mass is 16.3. The SMILES string of the molecule is O=C(NC(Cn1cncn1)c1ccccc1)c1cc(-c2ccco2)nc2ccccc12. The van der Waals surface area contributed by atoms with Gasteiger partial charge in [-0.3, -0.25) is 9.48 Å². The molecule has 1 atom stereocenters. The Morgan fingerprint density at radius 2 is 1.87 bits per heavy atom. The lowest BCUT2D eigenvalue weighted by Crippen LogP contribution is -2.31. The van der Waals surface area contributed by atoms with Gasteiger partial charge in [0.1, 0.15) is 18.3 Å². The molecule has 1 N–H and O–H groups in total. The largest absolute Gasteiger partial charge is 0.463 e. The molecule has 7 heteroatoms. The van der Waals surface area contributed by atoms with E-state index in [4.69, 9.17) is 4.42 Å². The minimum Gasteiger partial charge on any atom is -0.463 e. The van der Waals surface area contributed by atoms with Crippen molar-refractivity contribution in [3.8, 4) is 11.5 Å². The number of hydrogen-bond acceptors (Lipinski definition) is 5. The molecule has 0 aliphatic carbocycles. The number of fused-ring (bicyclic) bond motifs is 1. The number of para-hydroxylation sites is 1. The van der Waals surface area contributed by atoms with Gasteiger partial charge in [0.05, 0.1) is 29.9 Å². The van der Waals surface area contributed by atoms with Crippen LogP contribution in [0.1, 0.15) is 22.0 Å². The van der Waals surface area contributed by atoms with Crippen LogP contribution in [0.2, 0.25) is 0 Å². The first-order valence-corrected chi connectivity index (χ1v) is 9.90. The van der Waals surface area contributed by atoms with E-state index in [1.165, 1.54) is 6.33 Å². The molecule has 0 fully saturated rings. The molecule has 3 aromatic heterocycles. The third-order valence-corrected chi connectivity index (χ3v) is 5.08. The Kier molecular flexibility index (Phi) is 4.98. The molecule has 1 unspecified atom stereocenters. The Labute approximate surface area is 178 Å². The number of aromatic nitrogens is 4. The first-order chi connectivity index (χ1) is 15.3. The summed E-state index contributed by atoms with van der Waals surface area (Å²) in [5.41, 5.74) is 2.86. The molecule has 5 aromatic rings. The van der Waals surface area contributed by atoms with Gasteiger partial charge in [-0.25, -0.2) is 9.97 Å². The molecule has 0 aliphatic heterocycles. The van der Waals surface area contributed by atoms with E-state index in [1.54, 1.807) is 29.4 Å². The number of furan rings is 1. The minimum absolute atomic E-state index is 0.194. The summed E-state index contributed by atoms with van der Waals surface area (Å²) < 4.78 is 7.22. The van der Waals surface area contributed by atoms with Gasteiger partial charge in [-0.1, -0.05) is 48.5 Å². The Hall–Kier alpha value is -4.26. The summed E-state index contributed by atoms with van der Waals surface area (Å²) in [5, 5.41) is 8.14. The standard InChI is InChI=1S/C24H19N5O2/c30-24(28-22(14-29-16-25-15-26-29)17-7-2-1-3-8-17)19-13-21(23-11-6-12-31-23)27-20-10-5-4-9-18(19)20/h1-13,15-16,22H,14H2,(H,28,30). The van der Waals surface area contributed by atoms with Gasteiger partial charge in [0, 0.05) is 5.39 Å². The molecule has 0 saturated carbocycles. The summed E-state index contributed by atoms with van der Waals surface area (Å²) in [6, 6.07) is 22.5. The molecule has 2 aromatic carbocycles. The van der Waals surface area contributed by atoms with Crippen molar-refractivity contribution in [1.29, 1.82) is 0 Å². The molecule has 7 nitrogen and oxygen atoms in total.